The van der Waals surface area contributed by atoms with Crippen molar-refractivity contribution in [1.82, 2.24) is 4.98 Å². The number of fused-ring (bicyclic) bond motifs is 1. The van der Waals surface area contributed by atoms with Crippen LogP contribution < -0.4 is 10.5 Å². The number of aromatic nitrogens is 1. The number of amides is 1. The van der Waals surface area contributed by atoms with Gasteiger partial charge in [-0.25, -0.2) is 9.37 Å². The number of carbonyl (C=O) groups is 1. The Balaban J connectivity index is 2.05. The van der Waals surface area contributed by atoms with Gasteiger partial charge in [0.1, 0.15) is 17.6 Å². The number of halogens is 3. The number of nitrogens with two attached hydrogens (primary N) is 1. The van der Waals surface area contributed by atoms with Crippen molar-refractivity contribution in [1.29, 1.82) is 0 Å². The van der Waals surface area contributed by atoms with Gasteiger partial charge in [0, 0.05) is 11.1 Å². The quantitative estimate of drug-likeness (QED) is 0.860. The van der Waals surface area contributed by atoms with Gasteiger partial charge in [-0.2, -0.15) is 8.78 Å². The third-order valence-corrected chi connectivity index (χ3v) is 4.54. The molecule has 2 aromatic rings. The summed E-state index contributed by atoms with van der Waals surface area (Å²) in [5.41, 5.74) is 7.35. The van der Waals surface area contributed by atoms with Crippen LogP contribution in [0.2, 0.25) is 0 Å². The number of benzene rings is 1. The van der Waals surface area contributed by atoms with Crippen molar-refractivity contribution in [3.8, 4) is 17.0 Å². The average Bonchev–Trinajstić information content (AvgIpc) is 2.59. The maximum absolute atomic E-state index is 14.5. The van der Waals surface area contributed by atoms with Crippen LogP contribution in [0, 0.1) is 12.7 Å². The van der Waals surface area contributed by atoms with Crippen molar-refractivity contribution in [2.24, 2.45) is 5.73 Å². The molecule has 0 aliphatic carbocycles. The second-order valence-electron chi connectivity index (χ2n) is 6.48. The molecule has 0 saturated heterocycles. The van der Waals surface area contributed by atoms with E-state index in [4.69, 9.17) is 10.5 Å². The zero-order valence-electron chi connectivity index (χ0n) is 14.8. The number of carbonyl (C=O) groups excluding carboxylic acids is 1. The first-order valence-corrected chi connectivity index (χ1v) is 8.46. The number of alkyl halides is 2. The number of hydrogen-bond donors (Lipinski definition) is 1. The highest BCUT2D eigenvalue weighted by molar-refractivity contribution is 5.93. The molecule has 144 valence electrons. The summed E-state index contributed by atoms with van der Waals surface area (Å²) < 4.78 is 49.7. The van der Waals surface area contributed by atoms with Gasteiger partial charge in [0.15, 0.2) is 0 Å². The van der Waals surface area contributed by atoms with Crippen molar-refractivity contribution in [2.45, 2.75) is 45.5 Å². The normalized spacial score (nSPS) is 17.3. The van der Waals surface area contributed by atoms with Crippen LogP contribution in [0.5, 0.6) is 5.88 Å². The van der Waals surface area contributed by atoms with Crippen LogP contribution in [0.1, 0.15) is 35.0 Å². The lowest BCUT2D eigenvalue weighted by atomic mass is 9.92. The number of primary amides is 1. The van der Waals surface area contributed by atoms with Gasteiger partial charge in [0.05, 0.1) is 6.10 Å². The first kappa shape index (κ1) is 19.2. The molecule has 2 unspecified atom stereocenters. The first-order chi connectivity index (χ1) is 12.8. The minimum Gasteiger partial charge on any atom is -0.471 e. The highest BCUT2D eigenvalue weighted by atomic mass is 19.3. The van der Waals surface area contributed by atoms with Crippen LogP contribution in [0.15, 0.2) is 24.3 Å². The van der Waals surface area contributed by atoms with E-state index in [2.05, 4.69) is 9.72 Å². The summed E-state index contributed by atoms with van der Waals surface area (Å²) in [5.74, 6) is -1.16. The molecule has 1 aliphatic rings. The lowest BCUT2D eigenvalue weighted by Crippen LogP contribution is -2.36. The van der Waals surface area contributed by atoms with Gasteiger partial charge in [0.25, 0.3) is 5.91 Å². The van der Waals surface area contributed by atoms with Gasteiger partial charge >= 0.3 is 6.61 Å². The Morgan fingerprint density at radius 3 is 2.70 bits per heavy atom. The molecule has 1 amide bonds. The summed E-state index contributed by atoms with van der Waals surface area (Å²) in [5, 5.41) is 0. The number of nitrogens with zero attached hydrogens (tertiary/aromatic N) is 1. The van der Waals surface area contributed by atoms with Crippen LogP contribution >= 0.6 is 0 Å². The number of ether oxygens (including phenoxy) is 2. The second-order valence-corrected chi connectivity index (χ2v) is 6.48. The fraction of sp³-hybridized carbons (Fsp3) is 0.368. The zero-order valence-corrected chi connectivity index (χ0v) is 14.8. The molecule has 3 rings (SSSR count). The van der Waals surface area contributed by atoms with Crippen molar-refractivity contribution in [3.63, 3.8) is 0 Å². The molecule has 0 spiro atoms. The molecular formula is C19H19F3N2O3. The number of aryl methyl sites for hydroxylation is 1. The average molecular weight is 380 g/mol. The summed E-state index contributed by atoms with van der Waals surface area (Å²) in [6, 6.07) is 6.18. The molecular weight excluding hydrogens is 361 g/mol. The Morgan fingerprint density at radius 2 is 2.07 bits per heavy atom. The SMILES string of the molecule is Cc1ccc(-c2cc(C(N)=O)nc3c2CCC(C(C)OC(F)F)O3)c(F)c1. The van der Waals surface area contributed by atoms with Crippen molar-refractivity contribution >= 4 is 5.91 Å². The molecule has 1 aromatic carbocycles. The molecule has 0 radical (unpaired) electrons. The molecule has 5 nitrogen and oxygen atoms in total. The van der Waals surface area contributed by atoms with E-state index in [-0.39, 0.29) is 11.6 Å². The van der Waals surface area contributed by atoms with Crippen LogP contribution in [0.4, 0.5) is 13.2 Å². The highest BCUT2D eigenvalue weighted by Crippen LogP contribution is 2.37. The zero-order chi connectivity index (χ0) is 19.7. The summed E-state index contributed by atoms with van der Waals surface area (Å²) in [4.78, 5) is 15.8. The molecule has 2 heterocycles. The van der Waals surface area contributed by atoms with Gasteiger partial charge in [-0.1, -0.05) is 12.1 Å². The van der Waals surface area contributed by atoms with Gasteiger partial charge in [-0.3, -0.25) is 4.79 Å². The summed E-state index contributed by atoms with van der Waals surface area (Å²) >= 11 is 0. The largest absolute Gasteiger partial charge is 0.471 e. The van der Waals surface area contributed by atoms with E-state index >= 15 is 0 Å². The highest BCUT2D eigenvalue weighted by Gasteiger charge is 2.31. The molecule has 2 atom stereocenters. The summed E-state index contributed by atoms with van der Waals surface area (Å²) in [6.07, 6.45) is -0.750. The molecule has 1 aromatic heterocycles. The van der Waals surface area contributed by atoms with E-state index in [0.717, 1.165) is 5.56 Å². The predicted molar refractivity (Wildman–Crippen MR) is 92.2 cm³/mol. The van der Waals surface area contributed by atoms with E-state index in [1.165, 1.54) is 19.1 Å². The summed E-state index contributed by atoms with van der Waals surface area (Å²) in [7, 11) is 0. The molecule has 2 N–H and O–H groups in total. The minimum atomic E-state index is -2.92. The standard InChI is InChI=1S/C19H19F3N2O3/c1-9-3-4-11(14(20)7-9)13-8-15(17(23)25)24-18-12(13)5-6-16(27-18)10(2)26-19(21)22/h3-4,7-8,10,16,19H,5-6H2,1-2H3,(H2,23,25). The molecule has 8 heteroatoms. The summed E-state index contributed by atoms with van der Waals surface area (Å²) in [6.45, 7) is 0.314. The third kappa shape index (κ3) is 4.05. The predicted octanol–water partition coefficient (Wildman–Crippen LogP) is 3.62. The Kier molecular flexibility index (Phi) is 5.36. The lowest BCUT2D eigenvalue weighted by molar-refractivity contribution is -0.180. The van der Waals surface area contributed by atoms with E-state index in [1.54, 1.807) is 19.1 Å². The van der Waals surface area contributed by atoms with Crippen molar-refractivity contribution < 1.29 is 27.4 Å². The first-order valence-electron chi connectivity index (χ1n) is 8.46. The van der Waals surface area contributed by atoms with E-state index in [9.17, 15) is 18.0 Å². The van der Waals surface area contributed by atoms with E-state index in [1.807, 2.05) is 0 Å². The molecule has 0 bridgehead atoms. The van der Waals surface area contributed by atoms with Gasteiger partial charge < -0.3 is 15.2 Å². The van der Waals surface area contributed by atoms with Crippen LogP contribution in [-0.2, 0) is 11.2 Å². The van der Waals surface area contributed by atoms with Crippen LogP contribution in [0.25, 0.3) is 11.1 Å². The van der Waals surface area contributed by atoms with Crippen molar-refractivity contribution in [2.75, 3.05) is 0 Å². The van der Waals surface area contributed by atoms with Crippen LogP contribution in [0.3, 0.4) is 0 Å². The molecule has 27 heavy (non-hydrogen) atoms. The fourth-order valence-corrected chi connectivity index (χ4v) is 3.16. The Morgan fingerprint density at radius 1 is 1.33 bits per heavy atom. The van der Waals surface area contributed by atoms with Gasteiger partial charge in [-0.15, -0.1) is 0 Å². The number of hydrogen-bond acceptors (Lipinski definition) is 4. The van der Waals surface area contributed by atoms with Crippen LogP contribution in [-0.4, -0.2) is 29.7 Å². The van der Waals surface area contributed by atoms with E-state index < -0.39 is 30.5 Å². The maximum Gasteiger partial charge on any atom is 0.345 e. The number of rotatable bonds is 5. The maximum atomic E-state index is 14.5. The van der Waals surface area contributed by atoms with E-state index in [0.29, 0.717) is 29.5 Å². The Labute approximate surface area is 154 Å². The fourth-order valence-electron chi connectivity index (χ4n) is 3.16. The monoisotopic (exact) mass is 380 g/mol. The molecule has 0 saturated carbocycles. The van der Waals surface area contributed by atoms with Gasteiger partial charge in [0.2, 0.25) is 5.88 Å². The van der Waals surface area contributed by atoms with Crippen molar-refractivity contribution in [3.05, 3.63) is 46.9 Å². The lowest BCUT2D eigenvalue weighted by Gasteiger charge is -2.30. The smallest absolute Gasteiger partial charge is 0.345 e. The van der Waals surface area contributed by atoms with Gasteiger partial charge in [-0.05, 0) is 49.9 Å². The molecule has 1 aliphatic heterocycles. The Bertz CT molecular complexity index is 874. The number of pyridine rings is 1. The molecule has 0 fully saturated rings. The topological polar surface area (TPSA) is 74.4 Å². The minimum absolute atomic E-state index is 0.0854. The second kappa shape index (κ2) is 7.56. The Hall–Kier alpha value is -2.61. The third-order valence-electron chi connectivity index (χ3n) is 4.54.